The lowest BCUT2D eigenvalue weighted by atomic mass is 10.0. The second-order valence-electron chi connectivity index (χ2n) is 10.0. The van der Waals surface area contributed by atoms with Gasteiger partial charge in [0.05, 0.1) is 24.3 Å². The van der Waals surface area contributed by atoms with Crippen LogP contribution in [0.5, 0.6) is 5.75 Å². The minimum atomic E-state index is -0.428. The van der Waals surface area contributed by atoms with E-state index >= 15 is 0 Å². The molecule has 3 atom stereocenters. The topological polar surface area (TPSA) is 103 Å². The predicted molar refractivity (Wildman–Crippen MR) is 148 cm³/mol. The van der Waals surface area contributed by atoms with Gasteiger partial charge in [0.25, 0.3) is 5.91 Å². The summed E-state index contributed by atoms with van der Waals surface area (Å²) >= 11 is 0. The van der Waals surface area contributed by atoms with E-state index < -0.39 is 6.03 Å². The molecule has 10 nitrogen and oxygen atoms in total. The van der Waals surface area contributed by atoms with E-state index in [1.165, 1.54) is 0 Å². The number of amides is 4. The fourth-order valence-corrected chi connectivity index (χ4v) is 4.38. The molecule has 3 rings (SSSR count). The number of carbonyl (C=O) groups excluding carboxylic acids is 3. The lowest BCUT2D eigenvalue weighted by Gasteiger charge is -2.36. The van der Waals surface area contributed by atoms with Gasteiger partial charge < -0.3 is 34.8 Å². The van der Waals surface area contributed by atoms with Crippen LogP contribution in [-0.4, -0.2) is 99.2 Å². The first-order chi connectivity index (χ1) is 18.1. The van der Waals surface area contributed by atoms with Gasteiger partial charge in [0.15, 0.2) is 0 Å². The Morgan fingerprint density at radius 2 is 1.74 bits per heavy atom. The average Bonchev–Trinajstić information content (AvgIpc) is 2.88. The largest absolute Gasteiger partial charge is 0.491 e. The molecular formula is C28H39N5O5. The monoisotopic (exact) mass is 525 g/mol. The Bertz CT molecular complexity index is 1110. The summed E-state index contributed by atoms with van der Waals surface area (Å²) < 4.78 is 11.9. The van der Waals surface area contributed by atoms with Gasteiger partial charge in [-0.1, -0.05) is 25.1 Å². The molecule has 0 bridgehead atoms. The molecule has 0 aliphatic carbocycles. The van der Waals surface area contributed by atoms with Crippen LogP contribution in [0, 0.1) is 5.92 Å². The zero-order chi connectivity index (χ0) is 27.8. The van der Waals surface area contributed by atoms with Gasteiger partial charge in [0, 0.05) is 44.5 Å². The van der Waals surface area contributed by atoms with E-state index in [1.807, 2.05) is 55.9 Å². The van der Waals surface area contributed by atoms with Crippen molar-refractivity contribution in [2.24, 2.45) is 5.92 Å². The number of urea groups is 1. The van der Waals surface area contributed by atoms with Crippen LogP contribution in [0.25, 0.3) is 0 Å². The van der Waals surface area contributed by atoms with E-state index in [1.54, 1.807) is 49.4 Å². The van der Waals surface area contributed by atoms with E-state index in [4.69, 9.17) is 9.47 Å². The highest BCUT2D eigenvalue weighted by Gasteiger charge is 2.30. The third-order valence-corrected chi connectivity index (χ3v) is 6.51. The molecule has 0 radical (unpaired) electrons. The van der Waals surface area contributed by atoms with Crippen LogP contribution in [0.4, 0.5) is 16.2 Å². The molecule has 1 heterocycles. The number of para-hydroxylation sites is 1. The van der Waals surface area contributed by atoms with Crippen molar-refractivity contribution < 1.29 is 23.9 Å². The fourth-order valence-electron chi connectivity index (χ4n) is 4.38. The fraction of sp³-hybridized carbons (Fsp3) is 0.464. The number of carbonyl (C=O) groups is 3. The molecule has 0 fully saturated rings. The Hall–Kier alpha value is -3.63. The van der Waals surface area contributed by atoms with Crippen molar-refractivity contribution in [2.75, 3.05) is 65.1 Å². The lowest BCUT2D eigenvalue weighted by molar-refractivity contribution is -0.136. The number of hydrogen-bond donors (Lipinski definition) is 2. The second kappa shape index (κ2) is 13.3. The van der Waals surface area contributed by atoms with Crippen molar-refractivity contribution in [3.05, 3.63) is 54.1 Å². The molecule has 2 aromatic carbocycles. The Morgan fingerprint density at radius 1 is 1.05 bits per heavy atom. The zero-order valence-corrected chi connectivity index (χ0v) is 23.1. The van der Waals surface area contributed by atoms with Crippen molar-refractivity contribution in [1.82, 2.24) is 14.7 Å². The first-order valence-corrected chi connectivity index (χ1v) is 12.7. The van der Waals surface area contributed by atoms with Crippen LogP contribution in [0.1, 0.15) is 24.2 Å². The number of nitrogens with zero attached hydrogens (tertiary/aromatic N) is 3. The van der Waals surface area contributed by atoms with Crippen LogP contribution in [-0.2, 0) is 9.53 Å². The lowest BCUT2D eigenvalue weighted by Crippen LogP contribution is -2.50. The summed E-state index contributed by atoms with van der Waals surface area (Å²) in [5, 5.41) is 5.54. The van der Waals surface area contributed by atoms with Crippen LogP contribution in [0.15, 0.2) is 48.5 Å². The zero-order valence-electron chi connectivity index (χ0n) is 23.1. The standard InChI is InChI=1S/C28H39N5O5/c1-19-15-33(26(34)17-31(3)4)20(2)18-38-24-13-12-22(30-28(36)29-21-10-8-7-9-11-21)14-23(24)27(35)32(5)16-25(19)37-6/h7-14,19-20,25H,15-18H2,1-6H3,(H2,29,30,36)/t19-,20-,25-/m1/s1. The highest BCUT2D eigenvalue weighted by Crippen LogP contribution is 2.26. The van der Waals surface area contributed by atoms with Crippen molar-refractivity contribution >= 4 is 29.2 Å². The smallest absolute Gasteiger partial charge is 0.323 e. The van der Waals surface area contributed by atoms with Crippen molar-refractivity contribution in [1.29, 1.82) is 0 Å². The number of methoxy groups -OCH3 is 1. The number of benzene rings is 2. The van der Waals surface area contributed by atoms with Crippen LogP contribution < -0.4 is 15.4 Å². The Morgan fingerprint density at radius 3 is 2.39 bits per heavy atom. The normalized spacial score (nSPS) is 20.6. The number of nitrogens with one attached hydrogen (secondary N) is 2. The summed E-state index contributed by atoms with van der Waals surface area (Å²) in [6, 6.07) is 13.4. The van der Waals surface area contributed by atoms with Crippen molar-refractivity contribution in [2.45, 2.75) is 26.0 Å². The van der Waals surface area contributed by atoms with Crippen LogP contribution in [0.2, 0.25) is 0 Å². The third-order valence-electron chi connectivity index (χ3n) is 6.51. The minimum absolute atomic E-state index is 0.00140. The maximum Gasteiger partial charge on any atom is 0.323 e. The molecule has 206 valence electrons. The van der Waals surface area contributed by atoms with Crippen LogP contribution >= 0.6 is 0 Å². The molecule has 0 spiro atoms. The average molecular weight is 526 g/mol. The Balaban J connectivity index is 1.89. The number of likely N-dealkylation sites (N-methyl/N-ethyl adjacent to an activating group) is 2. The third kappa shape index (κ3) is 7.69. The molecule has 38 heavy (non-hydrogen) atoms. The minimum Gasteiger partial charge on any atom is -0.491 e. The van der Waals surface area contributed by atoms with Gasteiger partial charge in [0.2, 0.25) is 5.91 Å². The first kappa shape index (κ1) is 28.9. The molecule has 1 aliphatic heterocycles. The molecule has 4 amide bonds. The first-order valence-electron chi connectivity index (χ1n) is 12.7. The molecule has 1 aliphatic rings. The number of rotatable bonds is 5. The van der Waals surface area contributed by atoms with E-state index in [-0.39, 0.29) is 43.0 Å². The number of anilines is 2. The summed E-state index contributed by atoms with van der Waals surface area (Å²) in [6.45, 7) is 5.24. The summed E-state index contributed by atoms with van der Waals surface area (Å²) in [7, 11) is 7.04. The molecule has 0 aromatic heterocycles. The Kier molecular flexibility index (Phi) is 10.1. The van der Waals surface area contributed by atoms with Crippen molar-refractivity contribution in [3.8, 4) is 5.75 Å². The number of hydrogen-bond acceptors (Lipinski definition) is 6. The molecule has 0 saturated heterocycles. The summed E-state index contributed by atoms with van der Waals surface area (Å²) in [5.74, 6) is 0.0938. The molecule has 2 aromatic rings. The van der Waals surface area contributed by atoms with Gasteiger partial charge >= 0.3 is 6.03 Å². The summed E-state index contributed by atoms with van der Waals surface area (Å²) in [4.78, 5) is 44.4. The highest BCUT2D eigenvalue weighted by molar-refractivity contribution is 6.02. The predicted octanol–water partition coefficient (Wildman–Crippen LogP) is 3.22. The molecule has 0 saturated carbocycles. The van der Waals surface area contributed by atoms with Gasteiger partial charge in [-0.2, -0.15) is 0 Å². The molecule has 10 heteroatoms. The summed E-state index contributed by atoms with van der Waals surface area (Å²) in [5.41, 5.74) is 1.41. The van der Waals surface area contributed by atoms with E-state index in [9.17, 15) is 14.4 Å². The maximum atomic E-state index is 13.5. The van der Waals surface area contributed by atoms with Gasteiger partial charge in [-0.25, -0.2) is 4.79 Å². The van der Waals surface area contributed by atoms with Gasteiger partial charge in [0.1, 0.15) is 12.4 Å². The van der Waals surface area contributed by atoms with Gasteiger partial charge in [-0.15, -0.1) is 0 Å². The van der Waals surface area contributed by atoms with Gasteiger partial charge in [-0.3, -0.25) is 9.59 Å². The highest BCUT2D eigenvalue weighted by atomic mass is 16.5. The Labute approximate surface area is 224 Å². The number of fused-ring (bicyclic) bond motifs is 1. The summed E-state index contributed by atoms with van der Waals surface area (Å²) in [6.07, 6.45) is -0.285. The number of ether oxygens (including phenoxy) is 2. The maximum absolute atomic E-state index is 13.5. The second-order valence-corrected chi connectivity index (χ2v) is 10.0. The van der Waals surface area contributed by atoms with Crippen LogP contribution in [0.3, 0.4) is 0 Å². The van der Waals surface area contributed by atoms with E-state index in [0.717, 1.165) is 0 Å². The molecule has 0 unspecified atom stereocenters. The quantitative estimate of drug-likeness (QED) is 0.621. The van der Waals surface area contributed by atoms with E-state index in [2.05, 4.69) is 10.6 Å². The van der Waals surface area contributed by atoms with E-state index in [0.29, 0.717) is 35.8 Å². The molecule has 2 N–H and O–H groups in total. The molecular weight excluding hydrogens is 486 g/mol. The van der Waals surface area contributed by atoms with Crippen molar-refractivity contribution in [3.63, 3.8) is 0 Å². The van der Waals surface area contributed by atoms with Gasteiger partial charge in [-0.05, 0) is 51.4 Å². The SMILES string of the molecule is CO[C@@H]1CN(C)C(=O)c2cc(NC(=O)Nc3ccccc3)ccc2OC[C@@H](C)N(C(=O)CN(C)C)C[C@H]1C.